The van der Waals surface area contributed by atoms with Crippen LogP contribution >= 0.6 is 24.0 Å². The Balaban J connectivity index is 1.32. The summed E-state index contributed by atoms with van der Waals surface area (Å²) in [5, 5.41) is 2.57. The highest BCUT2D eigenvalue weighted by atomic mass is 32.2. The Morgan fingerprint density at radius 3 is 2.32 bits per heavy atom. The van der Waals surface area contributed by atoms with E-state index in [0.717, 1.165) is 49.2 Å². The van der Waals surface area contributed by atoms with Crippen molar-refractivity contribution in [3.63, 3.8) is 0 Å². The highest BCUT2D eigenvalue weighted by molar-refractivity contribution is 8.27. The SMILES string of the molecule is CC1(C)C=C(CN2CCN(c3ccc(F)cc3)CC2)c2cc(F)cc3c2N1C(=O)/C3=C1\SC(=S)NC1=O. The first-order valence-corrected chi connectivity index (χ1v) is 13.3. The fraction of sp³-hybridized carbons (Fsp3) is 0.296. The average Bonchev–Trinajstić information content (AvgIpc) is 3.33. The number of nitrogens with one attached hydrogen (secondary N) is 1. The summed E-state index contributed by atoms with van der Waals surface area (Å²) in [6.45, 7) is 7.66. The van der Waals surface area contributed by atoms with Crippen LogP contribution in [0.3, 0.4) is 0 Å². The first-order chi connectivity index (χ1) is 17.6. The molecule has 0 spiro atoms. The summed E-state index contributed by atoms with van der Waals surface area (Å²) in [4.78, 5) is 32.7. The lowest BCUT2D eigenvalue weighted by Crippen LogP contribution is -2.49. The number of thiocarbonyl (C=S) groups is 1. The second-order valence-corrected chi connectivity index (χ2v) is 11.8. The molecule has 0 radical (unpaired) electrons. The van der Waals surface area contributed by atoms with Gasteiger partial charge in [-0.05, 0) is 55.8 Å². The van der Waals surface area contributed by atoms with E-state index in [2.05, 4.69) is 15.1 Å². The van der Waals surface area contributed by atoms with Gasteiger partial charge >= 0.3 is 0 Å². The third kappa shape index (κ3) is 4.07. The molecule has 0 unspecified atom stereocenters. The summed E-state index contributed by atoms with van der Waals surface area (Å²) in [7, 11) is 0. The summed E-state index contributed by atoms with van der Waals surface area (Å²) in [5.74, 6) is -1.46. The number of nitrogens with zero attached hydrogens (tertiary/aromatic N) is 3. The van der Waals surface area contributed by atoms with Crippen LogP contribution in [0.1, 0.15) is 25.0 Å². The minimum atomic E-state index is -0.676. The molecular weight excluding hydrogens is 514 g/mol. The van der Waals surface area contributed by atoms with Crippen molar-refractivity contribution in [3.05, 3.63) is 70.1 Å². The first kappa shape index (κ1) is 24.3. The lowest BCUT2D eigenvalue weighted by Gasteiger charge is -2.41. The van der Waals surface area contributed by atoms with Gasteiger partial charge in [0.2, 0.25) is 0 Å². The van der Waals surface area contributed by atoms with Crippen LogP contribution in [0.5, 0.6) is 0 Å². The highest BCUT2D eigenvalue weighted by Gasteiger charge is 2.48. The number of benzene rings is 2. The maximum Gasteiger partial charge on any atom is 0.264 e. The van der Waals surface area contributed by atoms with Gasteiger partial charge < -0.3 is 10.2 Å². The van der Waals surface area contributed by atoms with Crippen molar-refractivity contribution in [2.45, 2.75) is 19.4 Å². The Hall–Kier alpha value is -3.08. The van der Waals surface area contributed by atoms with E-state index in [1.165, 1.54) is 24.3 Å². The molecule has 2 saturated heterocycles. The molecule has 190 valence electrons. The summed E-state index contributed by atoms with van der Waals surface area (Å²) in [6, 6.07) is 9.35. The minimum Gasteiger partial charge on any atom is -0.369 e. The molecule has 0 bridgehead atoms. The van der Waals surface area contributed by atoms with E-state index in [1.807, 2.05) is 19.9 Å². The summed E-state index contributed by atoms with van der Waals surface area (Å²) in [5.41, 5.74) is 3.22. The molecule has 2 fully saturated rings. The third-order valence-electron chi connectivity index (χ3n) is 7.24. The van der Waals surface area contributed by atoms with Crippen LogP contribution in [-0.4, -0.2) is 59.3 Å². The van der Waals surface area contributed by atoms with E-state index in [9.17, 15) is 18.4 Å². The number of hydrogen-bond donors (Lipinski definition) is 1. The maximum atomic E-state index is 15.0. The summed E-state index contributed by atoms with van der Waals surface area (Å²) in [6.07, 6.45) is 2.03. The van der Waals surface area contributed by atoms with Gasteiger partial charge in [-0.3, -0.25) is 19.4 Å². The van der Waals surface area contributed by atoms with Crippen LogP contribution in [0.4, 0.5) is 20.2 Å². The number of halogens is 2. The van der Waals surface area contributed by atoms with E-state index < -0.39 is 17.3 Å². The van der Waals surface area contributed by atoms with E-state index in [-0.39, 0.29) is 26.5 Å². The van der Waals surface area contributed by atoms with Gasteiger partial charge in [-0.2, -0.15) is 0 Å². The number of rotatable bonds is 3. The molecule has 37 heavy (non-hydrogen) atoms. The maximum absolute atomic E-state index is 15.0. The number of amides is 2. The molecule has 1 N–H and O–H groups in total. The zero-order valence-electron chi connectivity index (χ0n) is 20.3. The van der Waals surface area contributed by atoms with Crippen molar-refractivity contribution >= 4 is 62.6 Å². The molecule has 0 atom stereocenters. The van der Waals surface area contributed by atoms with Crippen molar-refractivity contribution in [3.8, 4) is 0 Å². The zero-order valence-corrected chi connectivity index (χ0v) is 21.9. The van der Waals surface area contributed by atoms with Crippen LogP contribution in [0.25, 0.3) is 11.1 Å². The molecule has 0 saturated carbocycles. The fourth-order valence-corrected chi connectivity index (χ4v) is 6.72. The topological polar surface area (TPSA) is 55.9 Å². The lowest BCUT2D eigenvalue weighted by atomic mass is 9.87. The molecule has 0 aromatic heterocycles. The number of thioether (sulfide) groups is 1. The molecule has 4 aliphatic rings. The molecule has 6 rings (SSSR count). The number of hydrogen-bond acceptors (Lipinski definition) is 6. The van der Waals surface area contributed by atoms with Gasteiger partial charge in [0.1, 0.15) is 16.0 Å². The predicted molar refractivity (Wildman–Crippen MR) is 146 cm³/mol. The molecule has 2 aromatic carbocycles. The molecule has 4 aliphatic heterocycles. The molecule has 10 heteroatoms. The second-order valence-electron chi connectivity index (χ2n) is 10.1. The quantitative estimate of drug-likeness (QED) is 0.468. The molecule has 4 heterocycles. The van der Waals surface area contributed by atoms with E-state index in [1.54, 1.807) is 17.0 Å². The van der Waals surface area contributed by atoms with Crippen LogP contribution < -0.4 is 15.1 Å². The number of carbonyl (C=O) groups excluding carboxylic acids is 2. The van der Waals surface area contributed by atoms with Crippen molar-refractivity contribution in [1.29, 1.82) is 0 Å². The Bertz CT molecular complexity index is 1430. The molecule has 2 aromatic rings. The van der Waals surface area contributed by atoms with Gasteiger partial charge in [-0.15, -0.1) is 0 Å². The normalized spacial score (nSPS) is 22.9. The Kier molecular flexibility index (Phi) is 5.74. The van der Waals surface area contributed by atoms with E-state index >= 15 is 0 Å². The molecule has 2 amide bonds. The zero-order chi connectivity index (χ0) is 26.1. The number of piperazine rings is 1. The smallest absolute Gasteiger partial charge is 0.264 e. The van der Waals surface area contributed by atoms with E-state index in [4.69, 9.17) is 12.2 Å². The third-order valence-corrected chi connectivity index (χ3v) is 8.47. The van der Waals surface area contributed by atoms with Gasteiger partial charge in [-0.25, -0.2) is 8.78 Å². The second kappa shape index (κ2) is 8.75. The molecular formula is C27H24F2N4O2S2. The first-order valence-electron chi connectivity index (χ1n) is 12.0. The van der Waals surface area contributed by atoms with Crippen LogP contribution in [0, 0.1) is 11.6 Å². The number of anilines is 2. The standard InChI is InChI=1S/C27H24F2N4O2S2/c1-27(2)13-15(14-31-7-9-32(10-8-31)18-5-3-16(28)4-6-18)19-11-17(29)12-20-21(25(35)33(27)22(19)20)23-24(34)30-26(36)37-23/h3-6,11-13H,7-10,14H2,1-2H3,(H,30,34,36)/b23-21-. The van der Waals surface area contributed by atoms with Crippen molar-refractivity contribution < 1.29 is 18.4 Å². The largest absolute Gasteiger partial charge is 0.369 e. The fourth-order valence-electron chi connectivity index (χ4n) is 5.61. The monoisotopic (exact) mass is 538 g/mol. The van der Waals surface area contributed by atoms with E-state index in [0.29, 0.717) is 23.4 Å². The van der Waals surface area contributed by atoms with Gasteiger partial charge in [0.05, 0.1) is 21.7 Å². The highest BCUT2D eigenvalue weighted by Crippen LogP contribution is 2.51. The van der Waals surface area contributed by atoms with Crippen molar-refractivity contribution in [1.82, 2.24) is 10.2 Å². The Morgan fingerprint density at radius 1 is 1.00 bits per heavy atom. The Morgan fingerprint density at radius 2 is 1.68 bits per heavy atom. The van der Waals surface area contributed by atoms with Crippen molar-refractivity contribution in [2.24, 2.45) is 0 Å². The summed E-state index contributed by atoms with van der Waals surface area (Å²) >= 11 is 6.17. The summed E-state index contributed by atoms with van der Waals surface area (Å²) < 4.78 is 28.6. The van der Waals surface area contributed by atoms with Gasteiger partial charge in [-0.1, -0.05) is 30.1 Å². The predicted octanol–water partition coefficient (Wildman–Crippen LogP) is 4.17. The van der Waals surface area contributed by atoms with Gasteiger partial charge in [0.25, 0.3) is 11.8 Å². The molecule has 6 nitrogen and oxygen atoms in total. The van der Waals surface area contributed by atoms with Crippen LogP contribution in [0.2, 0.25) is 0 Å². The van der Waals surface area contributed by atoms with Crippen LogP contribution in [-0.2, 0) is 9.59 Å². The van der Waals surface area contributed by atoms with Crippen LogP contribution in [0.15, 0.2) is 47.4 Å². The minimum absolute atomic E-state index is 0.203. The van der Waals surface area contributed by atoms with Gasteiger partial charge in [0.15, 0.2) is 0 Å². The lowest BCUT2D eigenvalue weighted by molar-refractivity contribution is -0.116. The Labute approximate surface area is 223 Å². The number of carbonyl (C=O) groups is 2. The average molecular weight is 539 g/mol. The van der Waals surface area contributed by atoms with Crippen molar-refractivity contribution in [2.75, 3.05) is 42.5 Å². The molecule has 0 aliphatic carbocycles. The van der Waals surface area contributed by atoms with Gasteiger partial charge in [0, 0.05) is 49.5 Å².